The van der Waals surface area contributed by atoms with Crippen molar-refractivity contribution in [2.75, 3.05) is 26.3 Å². The van der Waals surface area contributed by atoms with Crippen LogP contribution in [0.1, 0.15) is 11.3 Å². The molecule has 0 spiro atoms. The van der Waals surface area contributed by atoms with Gasteiger partial charge in [-0.1, -0.05) is 22.0 Å². The quantitative estimate of drug-likeness (QED) is 0.580. The highest BCUT2D eigenvalue weighted by molar-refractivity contribution is 9.10. The second kappa shape index (κ2) is 7.68. The van der Waals surface area contributed by atoms with Crippen LogP contribution in [0.5, 0.6) is 0 Å². The predicted molar refractivity (Wildman–Crippen MR) is 97.6 cm³/mol. The molecule has 6 heteroatoms. The number of morpholine rings is 1. The molecule has 1 aromatic carbocycles. The van der Waals surface area contributed by atoms with Crippen LogP contribution >= 0.6 is 15.9 Å². The van der Waals surface area contributed by atoms with Crippen molar-refractivity contribution in [2.24, 2.45) is 0 Å². The molecule has 0 saturated carbocycles. The largest absolute Gasteiger partial charge is 0.457 e. The first-order valence-electron chi connectivity index (χ1n) is 7.93. The molecule has 1 saturated heterocycles. The van der Waals surface area contributed by atoms with Gasteiger partial charge in [0.25, 0.3) is 5.91 Å². The van der Waals surface area contributed by atoms with Crippen molar-refractivity contribution in [3.05, 3.63) is 51.7 Å². The van der Waals surface area contributed by atoms with Gasteiger partial charge in [0, 0.05) is 29.2 Å². The molecule has 0 N–H and O–H groups in total. The number of aryl methyl sites for hydroxylation is 1. The lowest BCUT2D eigenvalue weighted by Crippen LogP contribution is -2.41. The van der Waals surface area contributed by atoms with Crippen molar-refractivity contribution in [3.63, 3.8) is 0 Å². The molecule has 3 rings (SSSR count). The second-order valence-electron chi connectivity index (χ2n) is 5.76. The van der Waals surface area contributed by atoms with E-state index >= 15 is 0 Å². The molecular formula is C19H17BrN2O3. The summed E-state index contributed by atoms with van der Waals surface area (Å²) >= 11 is 3.53. The van der Waals surface area contributed by atoms with Crippen LogP contribution in [0.2, 0.25) is 0 Å². The molecule has 5 nitrogen and oxygen atoms in total. The van der Waals surface area contributed by atoms with Crippen LogP contribution in [0.15, 0.2) is 44.8 Å². The molecule has 0 unspecified atom stereocenters. The van der Waals surface area contributed by atoms with E-state index in [2.05, 4.69) is 15.9 Å². The summed E-state index contributed by atoms with van der Waals surface area (Å²) < 4.78 is 12.0. The zero-order chi connectivity index (χ0) is 17.8. The van der Waals surface area contributed by atoms with E-state index in [1.807, 2.05) is 37.3 Å². The van der Waals surface area contributed by atoms with Crippen LogP contribution in [0.4, 0.5) is 0 Å². The number of ether oxygens (including phenoxy) is 1. The van der Waals surface area contributed by atoms with Crippen LogP contribution in [0.25, 0.3) is 17.4 Å². The van der Waals surface area contributed by atoms with E-state index in [0.29, 0.717) is 37.8 Å². The Morgan fingerprint density at radius 1 is 1.28 bits per heavy atom. The topological polar surface area (TPSA) is 66.5 Å². The molecule has 0 atom stereocenters. The average Bonchev–Trinajstić information content (AvgIpc) is 3.08. The van der Waals surface area contributed by atoms with Crippen molar-refractivity contribution >= 4 is 27.9 Å². The third-order valence-corrected chi connectivity index (χ3v) is 4.61. The minimum absolute atomic E-state index is 0.0609. The number of carbonyl (C=O) groups excluding carboxylic acids is 1. The summed E-state index contributed by atoms with van der Waals surface area (Å²) in [4.78, 5) is 14.1. The maximum absolute atomic E-state index is 12.4. The smallest absolute Gasteiger partial charge is 0.264 e. The normalized spacial score (nSPS) is 15.1. The number of amides is 1. The molecular weight excluding hydrogens is 384 g/mol. The van der Waals surface area contributed by atoms with E-state index in [9.17, 15) is 10.1 Å². The Morgan fingerprint density at radius 2 is 2.04 bits per heavy atom. The minimum Gasteiger partial charge on any atom is -0.457 e. The van der Waals surface area contributed by atoms with E-state index in [1.165, 1.54) is 6.08 Å². The van der Waals surface area contributed by atoms with E-state index < -0.39 is 0 Å². The Bertz CT molecular complexity index is 858. The van der Waals surface area contributed by atoms with Gasteiger partial charge < -0.3 is 14.1 Å². The standard InChI is InChI=1S/C19H17BrN2O3/c1-13-2-4-16(17(20)10-13)18-5-3-15(25-18)11-14(12-21)19(23)22-6-8-24-9-7-22/h2-5,10-11H,6-9H2,1H3/b14-11-. The number of hydrogen-bond acceptors (Lipinski definition) is 4. The molecule has 25 heavy (non-hydrogen) atoms. The highest BCUT2D eigenvalue weighted by atomic mass is 79.9. The summed E-state index contributed by atoms with van der Waals surface area (Å²) in [5.74, 6) is 0.857. The molecule has 1 aromatic heterocycles. The van der Waals surface area contributed by atoms with Gasteiger partial charge in [-0.05, 0) is 36.8 Å². The molecule has 0 aliphatic carbocycles. The molecule has 1 fully saturated rings. The number of furan rings is 1. The molecule has 2 heterocycles. The Hall–Kier alpha value is -2.36. The van der Waals surface area contributed by atoms with Gasteiger partial charge in [-0.15, -0.1) is 0 Å². The van der Waals surface area contributed by atoms with Gasteiger partial charge in [0.2, 0.25) is 0 Å². The Morgan fingerprint density at radius 3 is 2.72 bits per heavy atom. The lowest BCUT2D eigenvalue weighted by Gasteiger charge is -2.26. The third-order valence-electron chi connectivity index (χ3n) is 3.95. The summed E-state index contributed by atoms with van der Waals surface area (Å²) in [7, 11) is 0. The Balaban J connectivity index is 1.84. The Kier molecular flexibility index (Phi) is 5.37. The number of hydrogen-bond donors (Lipinski definition) is 0. The fraction of sp³-hybridized carbons (Fsp3) is 0.263. The van der Waals surface area contributed by atoms with Crippen molar-refractivity contribution < 1.29 is 13.9 Å². The van der Waals surface area contributed by atoms with Gasteiger partial charge in [-0.3, -0.25) is 4.79 Å². The van der Waals surface area contributed by atoms with Gasteiger partial charge in [-0.2, -0.15) is 5.26 Å². The first-order chi connectivity index (χ1) is 12.1. The molecule has 128 valence electrons. The fourth-order valence-electron chi connectivity index (χ4n) is 2.62. The van der Waals surface area contributed by atoms with E-state index in [-0.39, 0.29) is 11.5 Å². The number of benzene rings is 1. The van der Waals surface area contributed by atoms with Crippen molar-refractivity contribution in [1.29, 1.82) is 5.26 Å². The molecule has 0 radical (unpaired) electrons. The third kappa shape index (κ3) is 4.01. The molecule has 1 amide bonds. The molecule has 1 aliphatic heterocycles. The van der Waals surface area contributed by atoms with E-state index in [0.717, 1.165) is 15.6 Å². The number of nitrogens with zero attached hydrogens (tertiary/aromatic N) is 2. The first-order valence-corrected chi connectivity index (χ1v) is 8.73. The predicted octanol–water partition coefficient (Wildman–Crippen LogP) is 3.78. The van der Waals surface area contributed by atoms with Gasteiger partial charge in [0.1, 0.15) is 23.2 Å². The first kappa shape index (κ1) is 17.5. The lowest BCUT2D eigenvalue weighted by atomic mass is 10.1. The van der Waals surface area contributed by atoms with Crippen LogP contribution in [0.3, 0.4) is 0 Å². The summed E-state index contributed by atoms with van der Waals surface area (Å²) in [6, 6.07) is 11.5. The lowest BCUT2D eigenvalue weighted by molar-refractivity contribution is -0.130. The maximum atomic E-state index is 12.4. The van der Waals surface area contributed by atoms with Crippen LogP contribution in [-0.4, -0.2) is 37.1 Å². The SMILES string of the molecule is Cc1ccc(-c2ccc(/C=C(/C#N)C(=O)N3CCOCC3)o2)c(Br)c1. The average molecular weight is 401 g/mol. The van der Waals surface area contributed by atoms with Gasteiger partial charge in [0.15, 0.2) is 0 Å². The van der Waals surface area contributed by atoms with E-state index in [4.69, 9.17) is 9.15 Å². The molecule has 1 aliphatic rings. The molecule has 2 aromatic rings. The number of rotatable bonds is 3. The van der Waals surface area contributed by atoms with Gasteiger partial charge in [0.05, 0.1) is 13.2 Å². The minimum atomic E-state index is -0.291. The number of nitriles is 1. The zero-order valence-corrected chi connectivity index (χ0v) is 15.4. The van der Waals surface area contributed by atoms with Crippen LogP contribution < -0.4 is 0 Å². The molecule has 0 bridgehead atoms. The zero-order valence-electron chi connectivity index (χ0n) is 13.8. The summed E-state index contributed by atoms with van der Waals surface area (Å²) in [6.07, 6.45) is 1.49. The highest BCUT2D eigenvalue weighted by Gasteiger charge is 2.21. The second-order valence-corrected chi connectivity index (χ2v) is 6.61. The summed E-state index contributed by atoms with van der Waals surface area (Å²) in [6.45, 7) is 4.00. The fourth-order valence-corrected chi connectivity index (χ4v) is 3.30. The summed E-state index contributed by atoms with van der Waals surface area (Å²) in [5, 5.41) is 9.34. The monoisotopic (exact) mass is 400 g/mol. The Labute approximate surface area is 154 Å². The van der Waals surface area contributed by atoms with Gasteiger partial charge in [-0.25, -0.2) is 0 Å². The van der Waals surface area contributed by atoms with Crippen molar-refractivity contribution in [1.82, 2.24) is 4.90 Å². The van der Waals surface area contributed by atoms with Crippen molar-refractivity contribution in [3.8, 4) is 17.4 Å². The maximum Gasteiger partial charge on any atom is 0.264 e. The summed E-state index contributed by atoms with van der Waals surface area (Å²) in [5.41, 5.74) is 2.12. The van der Waals surface area contributed by atoms with Crippen LogP contribution in [0, 0.1) is 18.3 Å². The van der Waals surface area contributed by atoms with Gasteiger partial charge >= 0.3 is 0 Å². The highest BCUT2D eigenvalue weighted by Crippen LogP contribution is 2.31. The van der Waals surface area contributed by atoms with Crippen LogP contribution in [-0.2, 0) is 9.53 Å². The van der Waals surface area contributed by atoms with Crippen molar-refractivity contribution in [2.45, 2.75) is 6.92 Å². The number of halogens is 1. The van der Waals surface area contributed by atoms with E-state index in [1.54, 1.807) is 11.0 Å². The number of carbonyl (C=O) groups is 1.